The second-order valence-electron chi connectivity index (χ2n) is 10.4. The predicted octanol–water partition coefficient (Wildman–Crippen LogP) is 10.5. The number of benzene rings is 6. The van der Waals surface area contributed by atoms with E-state index < -0.39 is 0 Å². The van der Waals surface area contributed by atoms with Crippen molar-refractivity contribution >= 4 is 69.6 Å². The Morgan fingerprint density at radius 2 is 1.20 bits per heavy atom. The number of para-hydroxylation sites is 1. The summed E-state index contributed by atoms with van der Waals surface area (Å²) in [5, 5.41) is 8.79. The number of fused-ring (bicyclic) bond motifs is 10. The van der Waals surface area contributed by atoms with Crippen LogP contribution in [0.15, 0.2) is 134 Å². The van der Waals surface area contributed by atoms with Gasteiger partial charge in [-0.1, -0.05) is 103 Å². The van der Waals surface area contributed by atoms with Crippen LogP contribution in [0.1, 0.15) is 0 Å². The van der Waals surface area contributed by atoms with Gasteiger partial charge in [-0.15, -0.1) is 11.3 Å². The number of rotatable bonds is 2. The van der Waals surface area contributed by atoms with Gasteiger partial charge in [0.2, 0.25) is 0 Å². The summed E-state index contributed by atoms with van der Waals surface area (Å²) in [5.74, 6) is 0. The molecule has 0 aliphatic rings. The van der Waals surface area contributed by atoms with Gasteiger partial charge in [0.15, 0.2) is 0 Å². The van der Waals surface area contributed by atoms with Crippen LogP contribution in [0, 0.1) is 0 Å². The number of imidazole rings is 1. The Kier molecular flexibility index (Phi) is 4.52. The molecule has 9 aromatic rings. The molecule has 0 atom stereocenters. The fourth-order valence-corrected chi connectivity index (χ4v) is 7.58. The second-order valence-corrected chi connectivity index (χ2v) is 11.5. The molecule has 0 bridgehead atoms. The molecule has 6 aromatic carbocycles. The molecule has 0 saturated carbocycles. The quantitative estimate of drug-likeness (QED) is 0.205. The number of hydrogen-bond donors (Lipinski definition) is 0. The van der Waals surface area contributed by atoms with Crippen LogP contribution in [-0.4, -0.2) is 9.38 Å². The zero-order valence-electron chi connectivity index (χ0n) is 21.5. The summed E-state index contributed by atoms with van der Waals surface area (Å²) in [4.78, 5) is 4.92. The Hall–Kier alpha value is -4.99. The van der Waals surface area contributed by atoms with Gasteiger partial charge in [-0.3, -0.25) is 4.40 Å². The van der Waals surface area contributed by atoms with Crippen molar-refractivity contribution in [2.75, 3.05) is 0 Å². The number of pyridine rings is 1. The molecule has 0 saturated heterocycles. The van der Waals surface area contributed by atoms with Crippen LogP contribution in [0.5, 0.6) is 0 Å². The Balaban J connectivity index is 1.22. The first kappa shape index (κ1) is 21.9. The lowest BCUT2D eigenvalue weighted by Gasteiger charge is -2.11. The average molecular weight is 527 g/mol. The smallest absolute Gasteiger partial charge is 0.145 e. The number of nitrogens with zero attached hydrogens (tertiary/aromatic N) is 2. The summed E-state index contributed by atoms with van der Waals surface area (Å²) in [7, 11) is 0. The summed E-state index contributed by atoms with van der Waals surface area (Å²) >= 11 is 1.88. The van der Waals surface area contributed by atoms with Crippen LogP contribution in [0.2, 0.25) is 0 Å². The minimum absolute atomic E-state index is 0.996. The molecular weight excluding hydrogens is 504 g/mol. The van der Waals surface area contributed by atoms with Crippen LogP contribution in [0.25, 0.3) is 80.7 Å². The van der Waals surface area contributed by atoms with Gasteiger partial charge >= 0.3 is 0 Å². The monoisotopic (exact) mass is 526 g/mol. The molecule has 0 aliphatic carbocycles. The largest absolute Gasteiger partial charge is 0.292 e. The topological polar surface area (TPSA) is 17.3 Å². The van der Waals surface area contributed by atoms with Crippen molar-refractivity contribution in [1.82, 2.24) is 9.38 Å². The van der Waals surface area contributed by atoms with Crippen molar-refractivity contribution in [3.8, 4) is 22.4 Å². The van der Waals surface area contributed by atoms with Crippen molar-refractivity contribution < 1.29 is 0 Å². The van der Waals surface area contributed by atoms with Crippen molar-refractivity contribution in [3.63, 3.8) is 0 Å². The molecule has 9 rings (SSSR count). The van der Waals surface area contributed by atoms with Gasteiger partial charge in [0, 0.05) is 36.5 Å². The molecule has 186 valence electrons. The maximum absolute atomic E-state index is 4.92. The summed E-state index contributed by atoms with van der Waals surface area (Å²) in [6, 6.07) is 46.2. The van der Waals surface area contributed by atoms with E-state index in [1.807, 2.05) is 17.5 Å². The fraction of sp³-hybridized carbons (Fsp3) is 0. The van der Waals surface area contributed by atoms with E-state index in [-0.39, 0.29) is 0 Å². The fourth-order valence-electron chi connectivity index (χ4n) is 6.35. The molecule has 2 nitrogen and oxygen atoms in total. The van der Waals surface area contributed by atoms with Gasteiger partial charge in [0.25, 0.3) is 0 Å². The van der Waals surface area contributed by atoms with E-state index in [1.54, 1.807) is 0 Å². The number of hydrogen-bond acceptors (Lipinski definition) is 2. The highest BCUT2D eigenvalue weighted by molar-refractivity contribution is 7.26. The molecule has 0 spiro atoms. The second kappa shape index (κ2) is 8.25. The molecule has 0 N–H and O–H groups in total. The van der Waals surface area contributed by atoms with Gasteiger partial charge in [-0.05, 0) is 51.6 Å². The van der Waals surface area contributed by atoms with Crippen LogP contribution in [0.4, 0.5) is 0 Å². The first-order chi connectivity index (χ1) is 19.8. The minimum Gasteiger partial charge on any atom is -0.292 e. The summed E-state index contributed by atoms with van der Waals surface area (Å²) in [5.41, 5.74) is 7.00. The third-order valence-corrected chi connectivity index (χ3v) is 9.44. The molecule has 3 aromatic heterocycles. The van der Waals surface area contributed by atoms with E-state index in [1.165, 1.54) is 69.3 Å². The van der Waals surface area contributed by atoms with E-state index in [0.717, 1.165) is 11.3 Å². The van der Waals surface area contributed by atoms with E-state index >= 15 is 0 Å². The highest BCUT2D eigenvalue weighted by Crippen LogP contribution is 2.41. The number of thiophene rings is 1. The molecule has 0 unspecified atom stereocenters. The Bertz CT molecular complexity index is 2440. The SMILES string of the molecule is c1ccc2c(c1)sc1c(-c3ccc4cc(-c5cnc6c7ccccc7c7ccccc7n56)ccc4c3)cccc12. The van der Waals surface area contributed by atoms with Crippen LogP contribution in [0.3, 0.4) is 0 Å². The third kappa shape index (κ3) is 3.07. The zero-order chi connectivity index (χ0) is 26.2. The molecule has 3 heteroatoms. The minimum atomic E-state index is 0.996. The lowest BCUT2D eigenvalue weighted by molar-refractivity contribution is 1.27. The highest BCUT2D eigenvalue weighted by atomic mass is 32.1. The van der Waals surface area contributed by atoms with Crippen molar-refractivity contribution in [2.24, 2.45) is 0 Å². The van der Waals surface area contributed by atoms with Crippen LogP contribution in [-0.2, 0) is 0 Å². The van der Waals surface area contributed by atoms with E-state index in [9.17, 15) is 0 Å². The predicted molar refractivity (Wildman–Crippen MR) is 171 cm³/mol. The molecular formula is C37H22N2S. The number of aromatic nitrogens is 2. The van der Waals surface area contributed by atoms with Gasteiger partial charge in [-0.25, -0.2) is 4.98 Å². The van der Waals surface area contributed by atoms with Gasteiger partial charge < -0.3 is 0 Å². The van der Waals surface area contributed by atoms with E-state index in [2.05, 4.69) is 132 Å². The van der Waals surface area contributed by atoms with Crippen molar-refractivity contribution in [1.29, 1.82) is 0 Å². The Morgan fingerprint density at radius 1 is 0.525 bits per heavy atom. The first-order valence-corrected chi connectivity index (χ1v) is 14.4. The summed E-state index contributed by atoms with van der Waals surface area (Å²) < 4.78 is 5.00. The van der Waals surface area contributed by atoms with Crippen molar-refractivity contribution in [2.45, 2.75) is 0 Å². The molecule has 0 radical (unpaired) electrons. The van der Waals surface area contributed by atoms with E-state index in [0.29, 0.717) is 0 Å². The van der Waals surface area contributed by atoms with Crippen LogP contribution >= 0.6 is 11.3 Å². The van der Waals surface area contributed by atoms with Gasteiger partial charge in [-0.2, -0.15) is 0 Å². The highest BCUT2D eigenvalue weighted by Gasteiger charge is 2.15. The summed E-state index contributed by atoms with van der Waals surface area (Å²) in [6.45, 7) is 0. The average Bonchev–Trinajstić information content (AvgIpc) is 3.63. The summed E-state index contributed by atoms with van der Waals surface area (Å²) in [6.07, 6.45) is 2.02. The molecule has 3 heterocycles. The Morgan fingerprint density at radius 3 is 2.08 bits per heavy atom. The molecule has 0 amide bonds. The van der Waals surface area contributed by atoms with E-state index in [4.69, 9.17) is 4.98 Å². The lowest BCUT2D eigenvalue weighted by Crippen LogP contribution is -1.93. The maximum Gasteiger partial charge on any atom is 0.145 e. The van der Waals surface area contributed by atoms with Crippen molar-refractivity contribution in [3.05, 3.63) is 134 Å². The molecule has 0 aliphatic heterocycles. The first-order valence-electron chi connectivity index (χ1n) is 13.6. The maximum atomic E-state index is 4.92. The normalized spacial score (nSPS) is 12.0. The zero-order valence-corrected chi connectivity index (χ0v) is 22.3. The molecule has 0 fully saturated rings. The Labute approximate surface area is 234 Å². The van der Waals surface area contributed by atoms with Gasteiger partial charge in [0.1, 0.15) is 5.65 Å². The van der Waals surface area contributed by atoms with Crippen LogP contribution < -0.4 is 0 Å². The van der Waals surface area contributed by atoms with Gasteiger partial charge in [0.05, 0.1) is 17.4 Å². The standard InChI is InChI=1S/C37H22N2S/c1-2-11-32-28(8-1)29-9-3-5-14-33(29)39-34(22-38-37(32)39)26-19-17-23-20-25(18-16-24(23)21-26)27-12-7-13-31-30-10-4-6-15-35(30)40-36(27)31/h1-22H. The lowest BCUT2D eigenvalue weighted by atomic mass is 9.98. The third-order valence-electron chi connectivity index (χ3n) is 8.22. The molecule has 40 heavy (non-hydrogen) atoms.